The van der Waals surface area contributed by atoms with Gasteiger partial charge in [-0.25, -0.2) is 0 Å². The van der Waals surface area contributed by atoms with E-state index in [1.165, 1.54) is 92.5 Å². The van der Waals surface area contributed by atoms with Crippen LogP contribution in [0.2, 0.25) is 0 Å². The zero-order valence-electron chi connectivity index (χ0n) is 30.3. The molecule has 8 rings (SSSR count). The topological polar surface area (TPSA) is 26.3 Å². The second kappa shape index (κ2) is 14.8. The molecule has 2 aromatic heterocycles. The molecule has 0 radical (unpaired) electrons. The molecule has 2 nitrogen and oxygen atoms in total. The summed E-state index contributed by atoms with van der Waals surface area (Å²) in [5.74, 6) is 3.92. The minimum atomic E-state index is -1.30. The predicted molar refractivity (Wildman–Crippen MR) is 209 cm³/mol. The maximum absolute atomic E-state index is 6.41. The maximum atomic E-state index is 6.41. The molecule has 3 heteroatoms. The van der Waals surface area contributed by atoms with Gasteiger partial charge in [0.2, 0.25) is 0 Å². The Hall–Kier alpha value is -4.20. The van der Waals surface area contributed by atoms with Crippen molar-refractivity contribution >= 4 is 23.3 Å². The Balaban J connectivity index is 1.21. The molecule has 0 N–H and O–H groups in total. The Morgan fingerprint density at radius 2 is 0.941 bits per heavy atom. The summed E-state index contributed by atoms with van der Waals surface area (Å²) in [7, 11) is 0. The number of allylic oxidation sites excluding steroid dienone is 2. The van der Waals surface area contributed by atoms with Crippen LogP contribution in [-0.4, -0.2) is 0 Å². The van der Waals surface area contributed by atoms with Crippen LogP contribution in [0.5, 0.6) is 0 Å². The minimum absolute atomic E-state index is 0.329. The third-order valence-corrected chi connectivity index (χ3v) is 15.4. The third kappa shape index (κ3) is 6.79. The summed E-state index contributed by atoms with van der Waals surface area (Å²) < 4.78 is 13.5. The molecule has 0 aliphatic heterocycles. The average Bonchev–Trinajstić information content (AvgIpc) is 3.96. The van der Waals surface area contributed by atoms with Crippen LogP contribution in [0.25, 0.3) is 45.6 Å². The van der Waals surface area contributed by atoms with Gasteiger partial charge in [-0.3, -0.25) is 0 Å². The fourth-order valence-corrected chi connectivity index (χ4v) is 12.8. The number of unbranched alkanes of at least 4 members (excludes halogenated alkanes) is 2. The van der Waals surface area contributed by atoms with E-state index in [2.05, 4.69) is 149 Å². The molecule has 2 aliphatic carbocycles. The van der Waals surface area contributed by atoms with Gasteiger partial charge in [0.05, 0.1) is 0 Å². The van der Waals surface area contributed by atoms with Crippen molar-refractivity contribution in [2.75, 3.05) is 0 Å². The second-order valence-corrected chi connectivity index (χ2v) is 17.9. The number of hydrogen-bond donors (Lipinski definition) is 0. The number of rotatable bonds is 12. The number of hydrogen-bond acceptors (Lipinski definition) is 2. The molecular weight excluding hydrogens is 700 g/mol. The summed E-state index contributed by atoms with van der Waals surface area (Å²) in [6.45, 7) is 8.63. The van der Waals surface area contributed by atoms with Crippen molar-refractivity contribution < 1.29 is 32.1 Å². The summed E-state index contributed by atoms with van der Waals surface area (Å²) in [5, 5.41) is 0. The first-order valence-corrected chi connectivity index (χ1v) is 21.6. The van der Waals surface area contributed by atoms with Gasteiger partial charge in [0.1, 0.15) is 0 Å². The first-order chi connectivity index (χ1) is 25.0. The first-order valence-electron chi connectivity index (χ1n) is 18.8. The summed E-state index contributed by atoms with van der Waals surface area (Å²) in [6, 6.07) is 41.1. The van der Waals surface area contributed by atoms with Gasteiger partial charge in [-0.1, -0.05) is 0 Å². The summed E-state index contributed by atoms with van der Waals surface area (Å²) in [4.78, 5) is 0. The van der Waals surface area contributed by atoms with E-state index < -0.39 is 23.2 Å². The number of benzene rings is 4. The number of fused-ring (bicyclic) bond motifs is 2. The molecule has 0 amide bonds. The SMILES string of the molecule is CCCCc1ccc(-c2cccc3c2C=C(c2ccc(C)o2)[CH]3[Zr][CH]2C(c3ccc(C)o3)=Cc3c(-c4ccc(CCCC)cc4)cccc32)cc1. The van der Waals surface area contributed by atoms with Crippen molar-refractivity contribution in [3.8, 4) is 22.3 Å². The van der Waals surface area contributed by atoms with Crippen LogP contribution in [0, 0.1) is 13.8 Å². The second-order valence-electron chi connectivity index (χ2n) is 14.3. The van der Waals surface area contributed by atoms with E-state index in [-0.39, 0.29) is 0 Å². The van der Waals surface area contributed by atoms with Crippen LogP contribution in [0.3, 0.4) is 0 Å². The summed E-state index contributed by atoms with van der Waals surface area (Å²) in [5.41, 5.74) is 16.3. The normalized spacial score (nSPS) is 16.2. The van der Waals surface area contributed by atoms with Gasteiger partial charge in [0.25, 0.3) is 0 Å². The molecule has 0 saturated heterocycles. The third-order valence-electron chi connectivity index (χ3n) is 10.7. The summed E-state index contributed by atoms with van der Waals surface area (Å²) >= 11 is -1.30. The zero-order chi connectivity index (χ0) is 34.9. The molecule has 254 valence electrons. The van der Waals surface area contributed by atoms with E-state index in [4.69, 9.17) is 8.83 Å². The first kappa shape index (κ1) is 33.9. The standard InChI is InChI=1S/2C24H23O.Zr/c2*1-3-4-6-18-10-12-19(13-11-18)22-8-5-7-20-15-21(16-23(20)22)24-14-9-17(2)25-24;/h2*5,7-16H,3-4,6H2,1-2H3;. The predicted octanol–water partition coefficient (Wildman–Crippen LogP) is 13.5. The van der Waals surface area contributed by atoms with Crippen molar-refractivity contribution in [3.05, 3.63) is 166 Å². The van der Waals surface area contributed by atoms with Crippen LogP contribution in [0.1, 0.15) is 103 Å². The molecular formula is C48H46O2Zr. The van der Waals surface area contributed by atoms with Crippen LogP contribution in [0.15, 0.2) is 118 Å². The molecule has 0 saturated carbocycles. The van der Waals surface area contributed by atoms with Crippen molar-refractivity contribution in [3.63, 3.8) is 0 Å². The van der Waals surface area contributed by atoms with Gasteiger partial charge in [0, 0.05) is 0 Å². The van der Waals surface area contributed by atoms with Gasteiger partial charge in [-0.05, 0) is 0 Å². The fraction of sp³-hybridized carbons (Fsp3) is 0.250. The fourth-order valence-electron chi connectivity index (χ4n) is 7.90. The van der Waals surface area contributed by atoms with Crippen LogP contribution in [-0.2, 0) is 36.1 Å². The Bertz CT molecular complexity index is 2060. The van der Waals surface area contributed by atoms with E-state index in [0.29, 0.717) is 7.25 Å². The molecule has 2 atom stereocenters. The van der Waals surface area contributed by atoms with E-state index in [0.717, 1.165) is 35.9 Å². The van der Waals surface area contributed by atoms with E-state index in [1.807, 2.05) is 0 Å². The van der Waals surface area contributed by atoms with Crippen molar-refractivity contribution in [1.82, 2.24) is 0 Å². The van der Waals surface area contributed by atoms with E-state index in [9.17, 15) is 0 Å². The van der Waals surface area contributed by atoms with Crippen LogP contribution >= 0.6 is 0 Å². The number of furan rings is 2. The zero-order valence-corrected chi connectivity index (χ0v) is 32.7. The molecule has 0 bridgehead atoms. The Kier molecular flexibility index (Phi) is 9.85. The van der Waals surface area contributed by atoms with E-state index >= 15 is 0 Å². The quantitative estimate of drug-likeness (QED) is 0.125. The van der Waals surface area contributed by atoms with Crippen molar-refractivity contribution in [2.45, 2.75) is 73.5 Å². The molecule has 6 aromatic rings. The van der Waals surface area contributed by atoms with Crippen LogP contribution in [0.4, 0.5) is 0 Å². The van der Waals surface area contributed by atoms with Gasteiger partial charge in [-0.15, -0.1) is 0 Å². The van der Waals surface area contributed by atoms with Gasteiger partial charge < -0.3 is 0 Å². The molecule has 2 unspecified atom stereocenters. The monoisotopic (exact) mass is 744 g/mol. The van der Waals surface area contributed by atoms with Crippen molar-refractivity contribution in [1.29, 1.82) is 0 Å². The summed E-state index contributed by atoms with van der Waals surface area (Å²) in [6.07, 6.45) is 12.1. The van der Waals surface area contributed by atoms with E-state index in [1.54, 1.807) is 0 Å². The average molecular weight is 746 g/mol. The van der Waals surface area contributed by atoms with Crippen molar-refractivity contribution in [2.24, 2.45) is 0 Å². The van der Waals surface area contributed by atoms with Gasteiger partial charge in [0.15, 0.2) is 0 Å². The Morgan fingerprint density at radius 1 is 0.510 bits per heavy atom. The Labute approximate surface area is 314 Å². The van der Waals surface area contributed by atoms with Gasteiger partial charge in [-0.2, -0.15) is 0 Å². The molecule has 51 heavy (non-hydrogen) atoms. The van der Waals surface area contributed by atoms with Crippen LogP contribution < -0.4 is 0 Å². The number of aryl methyl sites for hydroxylation is 4. The molecule has 0 fully saturated rings. The Morgan fingerprint density at radius 3 is 1.31 bits per heavy atom. The molecule has 0 spiro atoms. The molecule has 4 aromatic carbocycles. The molecule has 2 aliphatic rings. The molecule has 2 heterocycles. The van der Waals surface area contributed by atoms with Gasteiger partial charge >= 0.3 is 317 Å².